The summed E-state index contributed by atoms with van der Waals surface area (Å²) in [6.45, 7) is 1.89. The van der Waals surface area contributed by atoms with Crippen molar-refractivity contribution in [2.24, 2.45) is 5.92 Å². The van der Waals surface area contributed by atoms with Crippen molar-refractivity contribution in [1.82, 2.24) is 19.8 Å². The summed E-state index contributed by atoms with van der Waals surface area (Å²) < 4.78 is 5.15. The predicted octanol–water partition coefficient (Wildman–Crippen LogP) is 3.55. The minimum atomic E-state index is -0.277. The zero-order chi connectivity index (χ0) is 24.0. The Bertz CT molecular complexity index is 1040. The maximum absolute atomic E-state index is 13.0. The standard InChI is InChI=1S/C23H27Cl2N5O3/c1-29(2)9-4-5-21(31)27-19-7-6-16(12-17(19)24)23(32)30-10-8-15(14-30)11-20-26-13-18(25)22(28-20)33-3/h4-7,12-13,15H,8-11,14H2,1-3H3,(H,27,31)/b5-4+/t15-/m0/s1. The molecule has 1 saturated heterocycles. The molecular weight excluding hydrogens is 465 g/mol. The van der Waals surface area contributed by atoms with E-state index in [0.29, 0.717) is 59.1 Å². The topological polar surface area (TPSA) is 87.7 Å². The van der Waals surface area contributed by atoms with Crippen LogP contribution in [0.5, 0.6) is 5.88 Å². The molecule has 1 fully saturated rings. The summed E-state index contributed by atoms with van der Waals surface area (Å²) in [6, 6.07) is 4.91. The molecule has 0 spiro atoms. The number of carbonyl (C=O) groups is 2. The van der Waals surface area contributed by atoms with Crippen molar-refractivity contribution in [3.63, 3.8) is 0 Å². The van der Waals surface area contributed by atoms with E-state index >= 15 is 0 Å². The van der Waals surface area contributed by atoms with Crippen molar-refractivity contribution < 1.29 is 14.3 Å². The lowest BCUT2D eigenvalue weighted by Crippen LogP contribution is -2.29. The van der Waals surface area contributed by atoms with Crippen molar-refractivity contribution in [1.29, 1.82) is 0 Å². The molecule has 2 aromatic rings. The van der Waals surface area contributed by atoms with Crippen LogP contribution in [0.1, 0.15) is 22.6 Å². The summed E-state index contributed by atoms with van der Waals surface area (Å²) in [7, 11) is 5.35. The predicted molar refractivity (Wildman–Crippen MR) is 129 cm³/mol. The van der Waals surface area contributed by atoms with Gasteiger partial charge in [-0.3, -0.25) is 9.59 Å². The van der Waals surface area contributed by atoms with E-state index in [1.165, 1.54) is 19.4 Å². The van der Waals surface area contributed by atoms with Gasteiger partial charge in [0.25, 0.3) is 5.91 Å². The van der Waals surface area contributed by atoms with Gasteiger partial charge in [0.05, 0.1) is 24.0 Å². The number of amides is 2. The average molecular weight is 492 g/mol. The molecule has 33 heavy (non-hydrogen) atoms. The summed E-state index contributed by atoms with van der Waals surface area (Å²) in [5.74, 6) is 0.850. The quantitative estimate of drug-likeness (QED) is 0.568. The highest BCUT2D eigenvalue weighted by Gasteiger charge is 2.28. The van der Waals surface area contributed by atoms with Gasteiger partial charge in [0.15, 0.2) is 0 Å². The molecule has 176 valence electrons. The maximum Gasteiger partial charge on any atom is 0.253 e. The number of anilines is 1. The molecule has 1 aromatic carbocycles. The lowest BCUT2D eigenvalue weighted by atomic mass is 10.0. The molecule has 0 saturated carbocycles. The number of benzene rings is 1. The molecule has 0 aliphatic carbocycles. The number of hydrogen-bond donors (Lipinski definition) is 1. The molecule has 1 N–H and O–H groups in total. The SMILES string of the molecule is COc1nc(C[C@@H]2CCN(C(=O)c3ccc(NC(=O)/C=C/CN(C)C)c(Cl)c3)C2)ncc1Cl. The number of likely N-dealkylation sites (tertiary alicyclic amines) is 1. The molecule has 2 heterocycles. The third-order valence-electron chi connectivity index (χ3n) is 5.21. The Morgan fingerprint density at radius 2 is 2.09 bits per heavy atom. The van der Waals surface area contributed by atoms with Gasteiger partial charge in [0.1, 0.15) is 10.8 Å². The largest absolute Gasteiger partial charge is 0.480 e. The molecule has 3 rings (SSSR count). The molecule has 1 aliphatic heterocycles. The second kappa shape index (κ2) is 11.4. The first-order chi connectivity index (χ1) is 15.8. The number of aromatic nitrogens is 2. The number of carbonyl (C=O) groups excluding carboxylic acids is 2. The average Bonchev–Trinajstić information content (AvgIpc) is 3.24. The molecule has 10 heteroatoms. The Kier molecular flexibility index (Phi) is 8.66. The van der Waals surface area contributed by atoms with E-state index < -0.39 is 0 Å². The number of likely N-dealkylation sites (N-methyl/N-ethyl adjacent to an activating group) is 1. The monoisotopic (exact) mass is 491 g/mol. The smallest absolute Gasteiger partial charge is 0.253 e. The summed E-state index contributed by atoms with van der Waals surface area (Å²) in [6.07, 6.45) is 6.22. The zero-order valence-corrected chi connectivity index (χ0v) is 20.4. The lowest BCUT2D eigenvalue weighted by molar-refractivity contribution is -0.111. The van der Waals surface area contributed by atoms with E-state index in [0.717, 1.165) is 6.42 Å². The third kappa shape index (κ3) is 6.90. The molecular formula is C23H27Cl2N5O3. The van der Waals surface area contributed by atoms with Crippen LogP contribution in [0.15, 0.2) is 36.5 Å². The van der Waals surface area contributed by atoms with Gasteiger partial charge < -0.3 is 19.9 Å². The second-order valence-corrected chi connectivity index (χ2v) is 8.92. The second-order valence-electron chi connectivity index (χ2n) is 8.10. The van der Waals surface area contributed by atoms with Crippen LogP contribution in [0.2, 0.25) is 10.0 Å². The molecule has 0 bridgehead atoms. The normalized spacial score (nSPS) is 15.9. The van der Waals surface area contributed by atoms with Crippen molar-refractivity contribution in [3.8, 4) is 5.88 Å². The van der Waals surface area contributed by atoms with Crippen LogP contribution < -0.4 is 10.1 Å². The number of methoxy groups -OCH3 is 1. The van der Waals surface area contributed by atoms with Gasteiger partial charge in [-0.05, 0) is 44.6 Å². The Balaban J connectivity index is 1.58. The minimum absolute atomic E-state index is 0.0993. The Hall–Kier alpha value is -2.68. The third-order valence-corrected chi connectivity index (χ3v) is 5.79. The van der Waals surface area contributed by atoms with Crippen molar-refractivity contribution >= 4 is 40.7 Å². The molecule has 0 radical (unpaired) electrons. The first kappa shape index (κ1) is 25.0. The summed E-state index contributed by atoms with van der Waals surface area (Å²) in [5.41, 5.74) is 0.937. The Morgan fingerprint density at radius 3 is 2.79 bits per heavy atom. The van der Waals surface area contributed by atoms with Gasteiger partial charge in [-0.25, -0.2) is 4.98 Å². The van der Waals surface area contributed by atoms with E-state index in [1.54, 1.807) is 29.2 Å². The van der Waals surface area contributed by atoms with Crippen LogP contribution in [0.3, 0.4) is 0 Å². The molecule has 0 unspecified atom stereocenters. The fraction of sp³-hybridized carbons (Fsp3) is 0.391. The number of hydrogen-bond acceptors (Lipinski definition) is 6. The fourth-order valence-electron chi connectivity index (χ4n) is 3.55. The van der Waals surface area contributed by atoms with Crippen molar-refractivity contribution in [2.75, 3.05) is 46.2 Å². The minimum Gasteiger partial charge on any atom is -0.480 e. The zero-order valence-electron chi connectivity index (χ0n) is 18.8. The van der Waals surface area contributed by atoms with Crippen LogP contribution in [0.25, 0.3) is 0 Å². The molecule has 1 aromatic heterocycles. The molecule has 8 nitrogen and oxygen atoms in total. The number of halogens is 2. The lowest BCUT2D eigenvalue weighted by Gasteiger charge is -2.17. The Labute approximate surface area is 203 Å². The van der Waals surface area contributed by atoms with Crippen LogP contribution >= 0.6 is 23.2 Å². The van der Waals surface area contributed by atoms with Gasteiger partial charge in [-0.2, -0.15) is 4.98 Å². The van der Waals surface area contributed by atoms with E-state index in [1.807, 2.05) is 19.0 Å². The molecule has 1 atom stereocenters. The summed E-state index contributed by atoms with van der Waals surface area (Å²) in [4.78, 5) is 37.4. The van der Waals surface area contributed by atoms with Gasteiger partial charge >= 0.3 is 0 Å². The first-order valence-electron chi connectivity index (χ1n) is 10.5. The van der Waals surface area contributed by atoms with E-state index in [-0.39, 0.29) is 17.7 Å². The van der Waals surface area contributed by atoms with Crippen molar-refractivity contribution in [3.05, 3.63) is 58.0 Å². The summed E-state index contributed by atoms with van der Waals surface area (Å²) in [5, 5.41) is 3.41. The van der Waals surface area contributed by atoms with Gasteiger partial charge in [-0.1, -0.05) is 29.3 Å². The molecule has 2 amide bonds. The van der Waals surface area contributed by atoms with Crippen LogP contribution in [0, 0.1) is 5.92 Å². The number of ether oxygens (including phenoxy) is 1. The molecule has 1 aliphatic rings. The first-order valence-corrected chi connectivity index (χ1v) is 11.3. The highest BCUT2D eigenvalue weighted by atomic mass is 35.5. The highest BCUT2D eigenvalue weighted by molar-refractivity contribution is 6.34. The maximum atomic E-state index is 13.0. The number of rotatable bonds is 8. The van der Waals surface area contributed by atoms with Gasteiger partial charge in [-0.15, -0.1) is 0 Å². The Morgan fingerprint density at radius 1 is 1.30 bits per heavy atom. The van der Waals surface area contributed by atoms with Gasteiger partial charge in [0.2, 0.25) is 11.8 Å². The van der Waals surface area contributed by atoms with E-state index in [9.17, 15) is 9.59 Å². The van der Waals surface area contributed by atoms with Crippen LogP contribution in [0.4, 0.5) is 5.69 Å². The number of nitrogens with zero attached hydrogens (tertiary/aromatic N) is 4. The number of nitrogens with one attached hydrogen (secondary N) is 1. The van der Waals surface area contributed by atoms with Crippen molar-refractivity contribution in [2.45, 2.75) is 12.8 Å². The van der Waals surface area contributed by atoms with Gasteiger partial charge in [0, 0.05) is 37.7 Å². The van der Waals surface area contributed by atoms with E-state index in [4.69, 9.17) is 27.9 Å². The van der Waals surface area contributed by atoms with Crippen LogP contribution in [-0.4, -0.2) is 72.4 Å². The van der Waals surface area contributed by atoms with Crippen LogP contribution in [-0.2, 0) is 11.2 Å². The van der Waals surface area contributed by atoms with E-state index in [2.05, 4.69) is 15.3 Å². The highest BCUT2D eigenvalue weighted by Crippen LogP contribution is 2.27. The fourth-order valence-corrected chi connectivity index (χ4v) is 3.94. The summed E-state index contributed by atoms with van der Waals surface area (Å²) >= 11 is 12.3.